The Morgan fingerprint density at radius 3 is 2.70 bits per heavy atom. The highest BCUT2D eigenvalue weighted by Crippen LogP contribution is 2.19. The van der Waals surface area contributed by atoms with Crippen molar-refractivity contribution >= 4 is 41.3 Å². The van der Waals surface area contributed by atoms with Crippen molar-refractivity contribution in [2.45, 2.75) is 71.3 Å². The Morgan fingerprint density at radius 2 is 2.09 bits per heavy atom. The molecule has 2 N–H and O–H groups in total. The molecule has 0 radical (unpaired) electrons. The second-order valence-electron chi connectivity index (χ2n) is 6.32. The Bertz CT molecular complexity index is 467. The van der Waals surface area contributed by atoms with Crippen molar-refractivity contribution in [1.29, 1.82) is 0 Å². The highest BCUT2D eigenvalue weighted by Gasteiger charge is 2.14. The maximum Gasteiger partial charge on any atom is 0.191 e. The molecule has 1 aliphatic carbocycles. The van der Waals surface area contributed by atoms with E-state index in [0.717, 1.165) is 25.5 Å². The molecule has 0 amide bonds. The molecule has 0 saturated heterocycles. The lowest BCUT2D eigenvalue weighted by Gasteiger charge is -2.24. The zero-order valence-electron chi connectivity index (χ0n) is 14.6. The molecule has 0 aromatic carbocycles. The van der Waals surface area contributed by atoms with Gasteiger partial charge in [0.05, 0.1) is 10.7 Å². The van der Waals surface area contributed by atoms with Gasteiger partial charge in [-0.1, -0.05) is 33.1 Å². The average molecular weight is 450 g/mol. The van der Waals surface area contributed by atoms with E-state index in [1.165, 1.54) is 42.8 Å². The quantitative estimate of drug-likeness (QED) is 0.386. The first kappa shape index (κ1) is 20.7. The lowest BCUT2D eigenvalue weighted by Crippen LogP contribution is -2.44. The maximum atomic E-state index is 4.72. The number of aromatic nitrogens is 1. The Hall–Kier alpha value is -0.370. The lowest BCUT2D eigenvalue weighted by atomic mass is 9.96. The standard InChI is InChI=1S/C17H30N4S.HI/c1-4-18-17(21-14-8-6-5-7-9-14)19-11-10-15-12-22-16(20-15)13(2)3;/h12-14H,4-11H2,1-3H3,(H2,18,19,21);1H. The van der Waals surface area contributed by atoms with Crippen LogP contribution in [0, 0.1) is 0 Å². The molecule has 2 rings (SSSR count). The summed E-state index contributed by atoms with van der Waals surface area (Å²) in [4.78, 5) is 9.39. The molecule has 1 aliphatic rings. The Kier molecular flexibility index (Phi) is 10.1. The van der Waals surface area contributed by atoms with Crippen LogP contribution < -0.4 is 10.6 Å². The molecule has 0 spiro atoms. The first-order chi connectivity index (χ1) is 10.7. The van der Waals surface area contributed by atoms with Crippen LogP contribution in [0.1, 0.15) is 69.5 Å². The number of rotatable bonds is 6. The summed E-state index contributed by atoms with van der Waals surface area (Å²) >= 11 is 1.76. The number of aliphatic imine (C=N–C) groups is 1. The minimum Gasteiger partial charge on any atom is -0.357 e. The van der Waals surface area contributed by atoms with Gasteiger partial charge < -0.3 is 10.6 Å². The lowest BCUT2D eigenvalue weighted by molar-refractivity contribution is 0.410. The molecule has 4 nitrogen and oxygen atoms in total. The summed E-state index contributed by atoms with van der Waals surface area (Å²) in [5.74, 6) is 1.49. The zero-order chi connectivity index (χ0) is 15.8. The van der Waals surface area contributed by atoms with E-state index in [2.05, 4.69) is 41.8 Å². The summed E-state index contributed by atoms with van der Waals surface area (Å²) in [7, 11) is 0. The fourth-order valence-electron chi connectivity index (χ4n) is 2.75. The number of nitrogens with zero attached hydrogens (tertiary/aromatic N) is 2. The van der Waals surface area contributed by atoms with Crippen molar-refractivity contribution in [3.63, 3.8) is 0 Å². The first-order valence-corrected chi connectivity index (χ1v) is 9.56. The van der Waals surface area contributed by atoms with Gasteiger partial charge in [0, 0.05) is 36.9 Å². The number of nitrogens with one attached hydrogen (secondary N) is 2. The minimum absolute atomic E-state index is 0. The summed E-state index contributed by atoms with van der Waals surface area (Å²) in [5, 5.41) is 10.3. The Labute approximate surface area is 162 Å². The van der Waals surface area contributed by atoms with Crippen LogP contribution >= 0.6 is 35.3 Å². The largest absolute Gasteiger partial charge is 0.357 e. The minimum atomic E-state index is 0. The fraction of sp³-hybridized carbons (Fsp3) is 0.765. The Balaban J connectivity index is 0.00000264. The summed E-state index contributed by atoms with van der Waals surface area (Å²) in [6.45, 7) is 8.21. The molecule has 23 heavy (non-hydrogen) atoms. The molecule has 0 aliphatic heterocycles. The van der Waals surface area contributed by atoms with Gasteiger partial charge in [0.25, 0.3) is 0 Å². The van der Waals surface area contributed by atoms with Crippen LogP contribution in [0.5, 0.6) is 0 Å². The van der Waals surface area contributed by atoms with Gasteiger partial charge in [0.1, 0.15) is 0 Å². The van der Waals surface area contributed by atoms with E-state index in [1.54, 1.807) is 11.3 Å². The van der Waals surface area contributed by atoms with Crippen molar-refractivity contribution in [2.24, 2.45) is 4.99 Å². The van der Waals surface area contributed by atoms with Gasteiger partial charge in [-0.2, -0.15) is 0 Å². The normalized spacial score (nSPS) is 16.3. The fourth-order valence-corrected chi connectivity index (χ4v) is 3.61. The monoisotopic (exact) mass is 450 g/mol. The van der Waals surface area contributed by atoms with Crippen molar-refractivity contribution in [3.8, 4) is 0 Å². The number of hydrogen-bond donors (Lipinski definition) is 2. The van der Waals surface area contributed by atoms with E-state index in [-0.39, 0.29) is 24.0 Å². The van der Waals surface area contributed by atoms with Crippen LogP contribution in [0.25, 0.3) is 0 Å². The molecule has 1 aromatic heterocycles. The number of guanidine groups is 1. The van der Waals surface area contributed by atoms with Crippen LogP contribution in [0.15, 0.2) is 10.4 Å². The smallest absolute Gasteiger partial charge is 0.191 e. The molecule has 0 atom stereocenters. The topological polar surface area (TPSA) is 49.3 Å². The predicted octanol–water partition coefficient (Wildman–Crippen LogP) is 4.31. The highest BCUT2D eigenvalue weighted by atomic mass is 127. The second kappa shape index (κ2) is 11.2. The van der Waals surface area contributed by atoms with Gasteiger partial charge in [-0.05, 0) is 19.8 Å². The van der Waals surface area contributed by atoms with Crippen molar-refractivity contribution in [3.05, 3.63) is 16.1 Å². The van der Waals surface area contributed by atoms with Crippen LogP contribution in [0.2, 0.25) is 0 Å². The maximum absolute atomic E-state index is 4.72. The summed E-state index contributed by atoms with van der Waals surface area (Å²) < 4.78 is 0. The number of hydrogen-bond acceptors (Lipinski definition) is 3. The van der Waals surface area contributed by atoms with Crippen molar-refractivity contribution in [2.75, 3.05) is 13.1 Å². The van der Waals surface area contributed by atoms with Crippen LogP contribution in [-0.2, 0) is 6.42 Å². The molecule has 1 aromatic rings. The molecule has 1 fully saturated rings. The second-order valence-corrected chi connectivity index (χ2v) is 7.21. The first-order valence-electron chi connectivity index (χ1n) is 8.68. The van der Waals surface area contributed by atoms with Crippen LogP contribution in [0.4, 0.5) is 0 Å². The Morgan fingerprint density at radius 1 is 1.35 bits per heavy atom. The predicted molar refractivity (Wildman–Crippen MR) is 111 cm³/mol. The molecule has 6 heteroatoms. The molecule has 1 heterocycles. The summed E-state index contributed by atoms with van der Waals surface area (Å²) in [6.07, 6.45) is 7.53. The van der Waals surface area contributed by atoms with Crippen LogP contribution in [0.3, 0.4) is 0 Å². The third-order valence-corrected chi connectivity index (χ3v) is 5.19. The van der Waals surface area contributed by atoms with Gasteiger partial charge >= 0.3 is 0 Å². The van der Waals surface area contributed by atoms with E-state index in [0.29, 0.717) is 12.0 Å². The van der Waals surface area contributed by atoms with E-state index in [1.807, 2.05) is 0 Å². The van der Waals surface area contributed by atoms with E-state index in [4.69, 9.17) is 4.99 Å². The van der Waals surface area contributed by atoms with E-state index >= 15 is 0 Å². The van der Waals surface area contributed by atoms with Gasteiger partial charge in [-0.15, -0.1) is 35.3 Å². The summed E-state index contributed by atoms with van der Waals surface area (Å²) in [5.41, 5.74) is 1.17. The van der Waals surface area contributed by atoms with Crippen LogP contribution in [-0.4, -0.2) is 30.1 Å². The van der Waals surface area contributed by atoms with Gasteiger partial charge in [-0.25, -0.2) is 4.98 Å². The molecule has 0 unspecified atom stereocenters. The summed E-state index contributed by atoms with van der Waals surface area (Å²) in [6, 6.07) is 0.596. The number of halogens is 1. The van der Waals surface area contributed by atoms with E-state index < -0.39 is 0 Å². The molecule has 0 bridgehead atoms. The number of thiazole rings is 1. The van der Waals surface area contributed by atoms with Gasteiger partial charge in [-0.3, -0.25) is 4.99 Å². The van der Waals surface area contributed by atoms with Gasteiger partial charge in [0.2, 0.25) is 0 Å². The zero-order valence-corrected chi connectivity index (χ0v) is 17.7. The molecule has 1 saturated carbocycles. The molecular weight excluding hydrogens is 419 g/mol. The third-order valence-electron chi connectivity index (χ3n) is 3.99. The molecular formula is C17H31IN4S. The average Bonchev–Trinajstić information content (AvgIpc) is 2.98. The van der Waals surface area contributed by atoms with Gasteiger partial charge in [0.15, 0.2) is 5.96 Å². The molecule has 132 valence electrons. The van der Waals surface area contributed by atoms with Crippen molar-refractivity contribution in [1.82, 2.24) is 15.6 Å². The third kappa shape index (κ3) is 7.37. The SMILES string of the molecule is CCNC(=NCCc1csc(C(C)C)n1)NC1CCCCC1.I. The van der Waals surface area contributed by atoms with E-state index in [9.17, 15) is 0 Å². The van der Waals surface area contributed by atoms with Crippen molar-refractivity contribution < 1.29 is 0 Å². The highest BCUT2D eigenvalue weighted by molar-refractivity contribution is 14.0.